The van der Waals surface area contributed by atoms with Gasteiger partial charge in [0.25, 0.3) is 5.91 Å². The molecule has 1 amide bonds. The molecule has 4 aromatic rings. The van der Waals surface area contributed by atoms with Crippen LogP contribution in [0.4, 0.5) is 0 Å². The fraction of sp³-hybridized carbons (Fsp3) is 0.192. The topological polar surface area (TPSA) is 58.6 Å². The van der Waals surface area contributed by atoms with Crippen LogP contribution in [0.3, 0.4) is 0 Å². The number of pyridine rings is 2. The minimum atomic E-state index is 0.0596. The second-order valence-corrected chi connectivity index (χ2v) is 7.88. The molecular weight excluding hydrogens is 400 g/mol. The average Bonchev–Trinajstić information content (AvgIpc) is 2.85. The molecule has 6 nitrogen and oxygen atoms in total. The van der Waals surface area contributed by atoms with Gasteiger partial charge in [0.05, 0.1) is 11.7 Å². The Morgan fingerprint density at radius 3 is 2.41 bits per heavy atom. The van der Waals surface area contributed by atoms with Gasteiger partial charge < -0.3 is 9.64 Å². The van der Waals surface area contributed by atoms with Gasteiger partial charge in [0, 0.05) is 56.1 Å². The van der Waals surface area contributed by atoms with E-state index < -0.39 is 0 Å². The lowest BCUT2D eigenvalue weighted by Gasteiger charge is -2.35. The van der Waals surface area contributed by atoms with Gasteiger partial charge in [-0.2, -0.15) is 0 Å². The van der Waals surface area contributed by atoms with Crippen molar-refractivity contribution in [2.75, 3.05) is 26.2 Å². The summed E-state index contributed by atoms with van der Waals surface area (Å²) in [4.78, 5) is 25.9. The maximum Gasteiger partial charge on any atom is 0.253 e. The number of nitrogens with zero attached hydrogens (tertiary/aromatic N) is 4. The third kappa shape index (κ3) is 4.45. The molecule has 6 heteroatoms. The van der Waals surface area contributed by atoms with Gasteiger partial charge in [0.2, 0.25) is 0 Å². The molecule has 2 aromatic carbocycles. The van der Waals surface area contributed by atoms with Crippen LogP contribution in [0, 0.1) is 0 Å². The third-order valence-electron chi connectivity index (χ3n) is 5.74. The molecule has 1 fully saturated rings. The van der Waals surface area contributed by atoms with Crippen molar-refractivity contribution in [3.8, 4) is 11.5 Å². The summed E-state index contributed by atoms with van der Waals surface area (Å²) in [5.41, 5.74) is 2.96. The molecule has 1 aliphatic rings. The van der Waals surface area contributed by atoms with E-state index in [-0.39, 0.29) is 5.91 Å². The first-order chi connectivity index (χ1) is 15.8. The number of hydrogen-bond donors (Lipinski definition) is 0. The molecule has 0 bridgehead atoms. The van der Waals surface area contributed by atoms with Crippen molar-refractivity contribution in [1.29, 1.82) is 0 Å². The summed E-state index contributed by atoms with van der Waals surface area (Å²) in [7, 11) is 0. The zero-order valence-electron chi connectivity index (χ0n) is 17.7. The summed E-state index contributed by atoms with van der Waals surface area (Å²) < 4.78 is 5.76. The van der Waals surface area contributed by atoms with Gasteiger partial charge in [0.1, 0.15) is 11.5 Å². The van der Waals surface area contributed by atoms with Crippen molar-refractivity contribution in [3.63, 3.8) is 0 Å². The summed E-state index contributed by atoms with van der Waals surface area (Å²) in [6.45, 7) is 3.96. The van der Waals surface area contributed by atoms with Gasteiger partial charge in [-0.05, 0) is 48.0 Å². The van der Waals surface area contributed by atoms with Crippen LogP contribution in [0.15, 0.2) is 85.3 Å². The highest BCUT2D eigenvalue weighted by atomic mass is 16.5. The SMILES string of the molecule is O=C(c1ccc(Oc2cccnc2)cc1)N1CCN(Cc2cccc3cccnc23)CC1. The lowest BCUT2D eigenvalue weighted by molar-refractivity contribution is 0.0629. The minimum Gasteiger partial charge on any atom is -0.456 e. The second-order valence-electron chi connectivity index (χ2n) is 7.88. The van der Waals surface area contributed by atoms with E-state index in [2.05, 4.69) is 39.1 Å². The molecule has 2 aromatic heterocycles. The van der Waals surface area contributed by atoms with E-state index >= 15 is 0 Å². The van der Waals surface area contributed by atoms with E-state index in [0.29, 0.717) is 30.2 Å². The van der Waals surface area contributed by atoms with Crippen molar-refractivity contribution in [2.45, 2.75) is 6.54 Å². The molecule has 1 saturated heterocycles. The fourth-order valence-corrected chi connectivity index (χ4v) is 4.04. The van der Waals surface area contributed by atoms with Crippen molar-refractivity contribution >= 4 is 16.8 Å². The Bertz CT molecular complexity index is 1200. The smallest absolute Gasteiger partial charge is 0.253 e. The van der Waals surface area contributed by atoms with Crippen LogP contribution in [0.1, 0.15) is 15.9 Å². The molecule has 1 aliphatic heterocycles. The molecule has 5 rings (SSSR count). The van der Waals surface area contributed by atoms with Gasteiger partial charge in [-0.3, -0.25) is 19.7 Å². The molecule has 0 unspecified atom stereocenters. The third-order valence-corrected chi connectivity index (χ3v) is 5.74. The molecular formula is C26H24N4O2. The molecule has 0 radical (unpaired) electrons. The van der Waals surface area contributed by atoms with Crippen LogP contribution in [0.5, 0.6) is 11.5 Å². The quantitative estimate of drug-likeness (QED) is 0.476. The first kappa shape index (κ1) is 20.2. The Kier molecular flexibility index (Phi) is 5.77. The fourth-order valence-electron chi connectivity index (χ4n) is 4.04. The molecule has 0 spiro atoms. The number of rotatable bonds is 5. The molecule has 0 atom stereocenters. The minimum absolute atomic E-state index is 0.0596. The molecule has 0 aliphatic carbocycles. The van der Waals surface area contributed by atoms with Crippen LogP contribution in [-0.2, 0) is 6.54 Å². The maximum absolute atomic E-state index is 13.0. The highest BCUT2D eigenvalue weighted by molar-refractivity contribution is 5.94. The predicted molar refractivity (Wildman–Crippen MR) is 124 cm³/mol. The Hall–Kier alpha value is -3.77. The number of hydrogen-bond acceptors (Lipinski definition) is 5. The Morgan fingerprint density at radius 2 is 1.62 bits per heavy atom. The summed E-state index contributed by atoms with van der Waals surface area (Å²) in [5, 5.41) is 1.16. The zero-order chi connectivity index (χ0) is 21.8. The van der Waals surface area contributed by atoms with Crippen molar-refractivity contribution in [2.24, 2.45) is 0 Å². The van der Waals surface area contributed by atoms with E-state index in [9.17, 15) is 4.79 Å². The maximum atomic E-state index is 13.0. The highest BCUT2D eigenvalue weighted by Gasteiger charge is 2.22. The number of carbonyl (C=O) groups excluding carboxylic acids is 1. The average molecular weight is 425 g/mol. The van der Waals surface area contributed by atoms with E-state index in [1.807, 2.05) is 53.6 Å². The number of ether oxygens (including phenoxy) is 1. The van der Waals surface area contributed by atoms with Gasteiger partial charge in [-0.25, -0.2) is 0 Å². The first-order valence-corrected chi connectivity index (χ1v) is 10.8. The molecule has 32 heavy (non-hydrogen) atoms. The number of carbonyl (C=O) groups is 1. The van der Waals surface area contributed by atoms with Gasteiger partial charge in [-0.15, -0.1) is 0 Å². The summed E-state index contributed by atoms with van der Waals surface area (Å²) in [5.74, 6) is 1.41. The lowest BCUT2D eigenvalue weighted by atomic mass is 10.1. The molecule has 160 valence electrons. The van der Waals surface area contributed by atoms with E-state index in [1.54, 1.807) is 12.4 Å². The number of amides is 1. The predicted octanol–water partition coefficient (Wildman–Crippen LogP) is 4.38. The van der Waals surface area contributed by atoms with Crippen molar-refractivity contribution in [3.05, 3.63) is 96.4 Å². The summed E-state index contributed by atoms with van der Waals surface area (Å²) in [6, 6.07) is 21.3. The second kappa shape index (κ2) is 9.16. The van der Waals surface area contributed by atoms with Crippen LogP contribution >= 0.6 is 0 Å². The van der Waals surface area contributed by atoms with Gasteiger partial charge in [-0.1, -0.05) is 24.3 Å². The Balaban J connectivity index is 1.18. The number of piperazine rings is 1. The van der Waals surface area contributed by atoms with Crippen LogP contribution in [-0.4, -0.2) is 51.9 Å². The Labute approximate surface area is 187 Å². The van der Waals surface area contributed by atoms with Crippen LogP contribution in [0.25, 0.3) is 10.9 Å². The molecule has 3 heterocycles. The van der Waals surface area contributed by atoms with Crippen molar-refractivity contribution < 1.29 is 9.53 Å². The molecule has 0 N–H and O–H groups in total. The van der Waals surface area contributed by atoms with Gasteiger partial charge in [0.15, 0.2) is 0 Å². The van der Waals surface area contributed by atoms with Crippen LogP contribution in [0.2, 0.25) is 0 Å². The normalized spacial score (nSPS) is 14.4. The monoisotopic (exact) mass is 424 g/mol. The number of fused-ring (bicyclic) bond motifs is 1. The first-order valence-electron chi connectivity index (χ1n) is 10.8. The summed E-state index contributed by atoms with van der Waals surface area (Å²) in [6.07, 6.45) is 5.20. The Morgan fingerprint density at radius 1 is 0.844 bits per heavy atom. The number of benzene rings is 2. The zero-order valence-corrected chi connectivity index (χ0v) is 17.7. The van der Waals surface area contributed by atoms with E-state index in [0.717, 1.165) is 30.5 Å². The lowest BCUT2D eigenvalue weighted by Crippen LogP contribution is -2.48. The van der Waals surface area contributed by atoms with Gasteiger partial charge >= 0.3 is 0 Å². The number of para-hydroxylation sites is 1. The number of aromatic nitrogens is 2. The van der Waals surface area contributed by atoms with E-state index in [4.69, 9.17) is 4.74 Å². The standard InChI is InChI=1S/C26H24N4O2/c31-26(21-8-10-23(11-9-21)32-24-7-3-12-27-18-24)30-16-14-29(15-17-30)19-22-5-1-4-20-6-2-13-28-25(20)22/h1-13,18H,14-17,19H2. The molecule has 0 saturated carbocycles. The summed E-state index contributed by atoms with van der Waals surface area (Å²) >= 11 is 0. The van der Waals surface area contributed by atoms with Crippen molar-refractivity contribution in [1.82, 2.24) is 19.8 Å². The van der Waals surface area contributed by atoms with Crippen LogP contribution < -0.4 is 4.74 Å². The highest BCUT2D eigenvalue weighted by Crippen LogP contribution is 2.22. The van der Waals surface area contributed by atoms with E-state index in [1.165, 1.54) is 5.56 Å². The largest absolute Gasteiger partial charge is 0.456 e.